The van der Waals surface area contributed by atoms with Gasteiger partial charge in [-0.15, -0.1) is 0 Å². The van der Waals surface area contributed by atoms with Gasteiger partial charge in [0.15, 0.2) is 0 Å². The zero-order valence-electron chi connectivity index (χ0n) is 12.4. The smallest absolute Gasteiger partial charge is 0.319 e. The average molecular weight is 267 g/mol. The van der Waals surface area contributed by atoms with Crippen molar-refractivity contribution < 1.29 is 4.79 Å². The van der Waals surface area contributed by atoms with E-state index in [1.54, 1.807) is 0 Å². The molecule has 0 spiro atoms. The Balaban J connectivity index is 1.75. The first kappa shape index (κ1) is 14.6. The zero-order chi connectivity index (χ0) is 13.5. The third-order valence-electron chi connectivity index (χ3n) is 4.56. The molecule has 2 aliphatic heterocycles. The van der Waals surface area contributed by atoms with E-state index in [1.807, 2.05) is 7.05 Å². The molecule has 0 saturated carbocycles. The lowest BCUT2D eigenvalue weighted by atomic mass is 9.94. The monoisotopic (exact) mass is 267 g/mol. The van der Waals surface area contributed by atoms with Gasteiger partial charge in [0.2, 0.25) is 0 Å². The van der Waals surface area contributed by atoms with E-state index in [9.17, 15) is 4.79 Å². The van der Waals surface area contributed by atoms with Gasteiger partial charge in [-0.05, 0) is 51.6 Å². The molecule has 0 aromatic heterocycles. The predicted molar refractivity (Wildman–Crippen MR) is 78.3 cm³/mol. The van der Waals surface area contributed by atoms with Crippen LogP contribution >= 0.6 is 0 Å². The Hall–Kier alpha value is -0.770. The highest BCUT2D eigenvalue weighted by Crippen LogP contribution is 2.21. The second kappa shape index (κ2) is 7.73. The minimum atomic E-state index is 0.300. The molecule has 1 N–H and O–H groups in total. The SMILES string of the molecule is CNCCC1CCN(C(=O)N2CCCCCC2)CC1. The van der Waals surface area contributed by atoms with Crippen molar-refractivity contribution in [2.24, 2.45) is 5.92 Å². The average Bonchev–Trinajstić information content (AvgIpc) is 2.74. The number of urea groups is 1. The Morgan fingerprint density at radius 1 is 1.00 bits per heavy atom. The van der Waals surface area contributed by atoms with Crippen molar-refractivity contribution in [2.45, 2.75) is 44.9 Å². The molecule has 19 heavy (non-hydrogen) atoms. The van der Waals surface area contributed by atoms with Gasteiger partial charge in [-0.2, -0.15) is 0 Å². The molecule has 2 aliphatic rings. The van der Waals surface area contributed by atoms with Crippen LogP contribution in [0.2, 0.25) is 0 Å². The highest BCUT2D eigenvalue weighted by Gasteiger charge is 2.26. The largest absolute Gasteiger partial charge is 0.325 e. The Morgan fingerprint density at radius 2 is 1.58 bits per heavy atom. The van der Waals surface area contributed by atoms with Crippen LogP contribution in [0.25, 0.3) is 0 Å². The highest BCUT2D eigenvalue weighted by molar-refractivity contribution is 5.74. The number of piperidine rings is 1. The van der Waals surface area contributed by atoms with E-state index in [0.29, 0.717) is 6.03 Å². The van der Waals surface area contributed by atoms with E-state index in [1.165, 1.54) is 44.9 Å². The van der Waals surface area contributed by atoms with Crippen molar-refractivity contribution in [3.63, 3.8) is 0 Å². The fourth-order valence-electron chi connectivity index (χ4n) is 3.22. The third kappa shape index (κ3) is 4.37. The Kier molecular flexibility index (Phi) is 5.95. The number of nitrogens with one attached hydrogen (secondary N) is 1. The van der Waals surface area contributed by atoms with E-state index >= 15 is 0 Å². The lowest BCUT2D eigenvalue weighted by molar-refractivity contribution is 0.132. The summed E-state index contributed by atoms with van der Waals surface area (Å²) in [6, 6.07) is 0.300. The van der Waals surface area contributed by atoms with Gasteiger partial charge in [-0.25, -0.2) is 4.79 Å². The molecule has 0 radical (unpaired) electrons. The van der Waals surface area contributed by atoms with Crippen molar-refractivity contribution >= 4 is 6.03 Å². The number of carbonyl (C=O) groups is 1. The Bertz CT molecular complexity index is 267. The summed E-state index contributed by atoms with van der Waals surface area (Å²) in [6.45, 7) is 4.97. The van der Waals surface area contributed by atoms with Crippen LogP contribution in [0.4, 0.5) is 4.79 Å². The number of amides is 2. The molecule has 0 aliphatic carbocycles. The summed E-state index contributed by atoms with van der Waals surface area (Å²) in [4.78, 5) is 16.6. The summed E-state index contributed by atoms with van der Waals surface area (Å²) < 4.78 is 0. The fourth-order valence-corrected chi connectivity index (χ4v) is 3.22. The van der Waals surface area contributed by atoms with Gasteiger partial charge in [0, 0.05) is 26.2 Å². The third-order valence-corrected chi connectivity index (χ3v) is 4.56. The van der Waals surface area contributed by atoms with Crippen LogP contribution in [0.5, 0.6) is 0 Å². The normalized spacial score (nSPS) is 22.4. The molecule has 110 valence electrons. The molecule has 0 unspecified atom stereocenters. The predicted octanol–water partition coefficient (Wildman–Crippen LogP) is 2.30. The molecule has 2 rings (SSSR count). The van der Waals surface area contributed by atoms with Gasteiger partial charge >= 0.3 is 6.03 Å². The summed E-state index contributed by atoms with van der Waals surface area (Å²) in [5.41, 5.74) is 0. The van der Waals surface area contributed by atoms with Gasteiger partial charge in [0.05, 0.1) is 0 Å². The number of rotatable bonds is 3. The Morgan fingerprint density at radius 3 is 2.16 bits per heavy atom. The van der Waals surface area contributed by atoms with Crippen LogP contribution in [-0.4, -0.2) is 55.6 Å². The van der Waals surface area contributed by atoms with E-state index < -0.39 is 0 Å². The van der Waals surface area contributed by atoms with Crippen LogP contribution in [0.15, 0.2) is 0 Å². The second-order valence-corrected chi connectivity index (χ2v) is 6.01. The summed E-state index contributed by atoms with van der Waals surface area (Å²) in [7, 11) is 2.01. The van der Waals surface area contributed by atoms with Crippen molar-refractivity contribution in [1.82, 2.24) is 15.1 Å². The van der Waals surface area contributed by atoms with Crippen molar-refractivity contribution in [3.05, 3.63) is 0 Å². The van der Waals surface area contributed by atoms with Gasteiger partial charge in [0.25, 0.3) is 0 Å². The van der Waals surface area contributed by atoms with E-state index in [0.717, 1.165) is 38.6 Å². The maximum absolute atomic E-state index is 12.5. The fraction of sp³-hybridized carbons (Fsp3) is 0.933. The molecule has 0 aromatic rings. The van der Waals surface area contributed by atoms with E-state index in [2.05, 4.69) is 15.1 Å². The van der Waals surface area contributed by atoms with Crippen LogP contribution in [0.1, 0.15) is 44.9 Å². The number of carbonyl (C=O) groups excluding carboxylic acids is 1. The lowest BCUT2D eigenvalue weighted by Gasteiger charge is -2.35. The zero-order valence-corrected chi connectivity index (χ0v) is 12.4. The summed E-state index contributed by atoms with van der Waals surface area (Å²) in [5, 5.41) is 3.22. The van der Waals surface area contributed by atoms with Gasteiger partial charge < -0.3 is 15.1 Å². The molecule has 2 saturated heterocycles. The maximum atomic E-state index is 12.5. The van der Waals surface area contributed by atoms with E-state index in [-0.39, 0.29) is 0 Å². The lowest BCUT2D eigenvalue weighted by Crippen LogP contribution is -2.47. The molecule has 0 atom stereocenters. The first-order valence-corrected chi connectivity index (χ1v) is 7.99. The molecule has 0 aromatic carbocycles. The minimum Gasteiger partial charge on any atom is -0.325 e. The van der Waals surface area contributed by atoms with Gasteiger partial charge in [0.1, 0.15) is 0 Å². The number of nitrogens with zero attached hydrogens (tertiary/aromatic N) is 2. The van der Waals surface area contributed by atoms with Crippen molar-refractivity contribution in [3.8, 4) is 0 Å². The molecule has 2 fully saturated rings. The standard InChI is InChI=1S/C15H29N3O/c1-16-9-6-14-7-12-18(13-8-14)15(19)17-10-4-2-3-5-11-17/h14,16H,2-13H2,1H3. The molecular formula is C15H29N3O. The first-order valence-electron chi connectivity index (χ1n) is 7.99. The highest BCUT2D eigenvalue weighted by atomic mass is 16.2. The quantitative estimate of drug-likeness (QED) is 0.851. The van der Waals surface area contributed by atoms with Crippen molar-refractivity contribution in [1.29, 1.82) is 0 Å². The van der Waals surface area contributed by atoms with E-state index in [4.69, 9.17) is 0 Å². The number of likely N-dealkylation sites (tertiary alicyclic amines) is 2. The molecule has 0 bridgehead atoms. The van der Waals surface area contributed by atoms with Crippen molar-refractivity contribution in [2.75, 3.05) is 39.8 Å². The van der Waals surface area contributed by atoms with Gasteiger partial charge in [-0.1, -0.05) is 12.8 Å². The Labute approximate surface area is 117 Å². The van der Waals surface area contributed by atoms with Crippen LogP contribution < -0.4 is 5.32 Å². The van der Waals surface area contributed by atoms with Gasteiger partial charge in [-0.3, -0.25) is 0 Å². The molecule has 2 amide bonds. The molecule has 4 heteroatoms. The number of hydrogen-bond donors (Lipinski definition) is 1. The molecule has 4 nitrogen and oxygen atoms in total. The first-order chi connectivity index (χ1) is 9.31. The van der Waals surface area contributed by atoms with Crippen LogP contribution in [0, 0.1) is 5.92 Å². The summed E-state index contributed by atoms with van der Waals surface area (Å²) in [6.07, 6.45) is 8.56. The molecule has 2 heterocycles. The molecular weight excluding hydrogens is 238 g/mol. The maximum Gasteiger partial charge on any atom is 0.319 e. The second-order valence-electron chi connectivity index (χ2n) is 6.01. The topological polar surface area (TPSA) is 35.6 Å². The van der Waals surface area contributed by atoms with Crippen LogP contribution in [-0.2, 0) is 0 Å². The number of hydrogen-bond acceptors (Lipinski definition) is 2. The summed E-state index contributed by atoms with van der Waals surface area (Å²) >= 11 is 0. The van der Waals surface area contributed by atoms with Crippen LogP contribution in [0.3, 0.4) is 0 Å². The minimum absolute atomic E-state index is 0.300. The summed E-state index contributed by atoms with van der Waals surface area (Å²) in [5.74, 6) is 0.806.